The molecule has 1 saturated heterocycles. The van der Waals surface area contributed by atoms with Gasteiger partial charge in [0, 0.05) is 6.54 Å². The van der Waals surface area contributed by atoms with Gasteiger partial charge in [-0.3, -0.25) is 4.79 Å². The predicted molar refractivity (Wildman–Crippen MR) is 60.8 cm³/mol. The van der Waals surface area contributed by atoms with Crippen molar-refractivity contribution in [1.29, 1.82) is 0 Å². The molecule has 1 aromatic carbocycles. The van der Waals surface area contributed by atoms with E-state index in [4.69, 9.17) is 0 Å². The summed E-state index contributed by atoms with van der Waals surface area (Å²) in [5.41, 5.74) is -0.430. The number of likely N-dealkylation sites (tertiary alicyclic amines) is 1. The van der Waals surface area contributed by atoms with Crippen LogP contribution in [0.25, 0.3) is 0 Å². The van der Waals surface area contributed by atoms with Gasteiger partial charge in [-0.25, -0.2) is 0 Å². The Morgan fingerprint density at radius 3 is 2.61 bits per heavy atom. The number of benzene rings is 1. The lowest BCUT2D eigenvalue weighted by Crippen LogP contribution is -2.33. The third-order valence-electron chi connectivity index (χ3n) is 3.30. The van der Waals surface area contributed by atoms with E-state index in [1.54, 1.807) is 6.07 Å². The van der Waals surface area contributed by atoms with Gasteiger partial charge in [-0.2, -0.15) is 13.2 Å². The van der Waals surface area contributed by atoms with Crippen LogP contribution in [-0.4, -0.2) is 17.9 Å². The van der Waals surface area contributed by atoms with Gasteiger partial charge < -0.3 is 4.90 Å². The largest absolute Gasteiger partial charge is 0.416 e. The van der Waals surface area contributed by atoms with Crippen molar-refractivity contribution in [2.75, 3.05) is 6.54 Å². The molecule has 1 amide bonds. The van der Waals surface area contributed by atoms with Crippen molar-refractivity contribution in [1.82, 2.24) is 4.90 Å². The number of rotatable bonds is 2. The maximum absolute atomic E-state index is 12.9. The molecule has 1 aromatic rings. The molecule has 1 heterocycles. The quantitative estimate of drug-likeness (QED) is 0.744. The van der Waals surface area contributed by atoms with Crippen LogP contribution in [0.5, 0.6) is 0 Å². The molecule has 5 heteroatoms. The Labute approximate surface area is 103 Å². The van der Waals surface area contributed by atoms with E-state index in [0.717, 1.165) is 18.9 Å². The molecule has 2 nitrogen and oxygen atoms in total. The lowest BCUT2D eigenvalue weighted by Gasteiger charge is -2.34. The van der Waals surface area contributed by atoms with E-state index in [-0.39, 0.29) is 5.56 Å². The first-order valence-electron chi connectivity index (χ1n) is 5.91. The number of carbonyl (C=O) groups excluding carboxylic acids is 1. The summed E-state index contributed by atoms with van der Waals surface area (Å²) in [6.45, 7) is 0.528. The van der Waals surface area contributed by atoms with Crippen molar-refractivity contribution < 1.29 is 18.0 Å². The molecule has 1 fully saturated rings. The molecule has 0 aromatic heterocycles. The minimum atomic E-state index is -4.37. The molecule has 18 heavy (non-hydrogen) atoms. The second-order valence-corrected chi connectivity index (χ2v) is 4.44. The van der Waals surface area contributed by atoms with Gasteiger partial charge in [-0.05, 0) is 30.9 Å². The fourth-order valence-corrected chi connectivity index (χ4v) is 2.46. The molecule has 0 saturated carbocycles. The van der Waals surface area contributed by atoms with E-state index >= 15 is 0 Å². The Morgan fingerprint density at radius 2 is 1.94 bits per heavy atom. The van der Waals surface area contributed by atoms with Gasteiger partial charge in [-0.15, -0.1) is 0 Å². The number of carbonyl (C=O) groups is 1. The molecule has 1 atom stereocenters. The number of piperidine rings is 1. The number of hydrogen-bond acceptors (Lipinski definition) is 1. The van der Waals surface area contributed by atoms with Crippen LogP contribution in [0.3, 0.4) is 0 Å². The van der Waals surface area contributed by atoms with Gasteiger partial charge in [0.15, 0.2) is 0 Å². The van der Waals surface area contributed by atoms with E-state index in [9.17, 15) is 18.0 Å². The van der Waals surface area contributed by atoms with E-state index < -0.39 is 17.8 Å². The van der Waals surface area contributed by atoms with E-state index in [2.05, 4.69) is 0 Å². The van der Waals surface area contributed by atoms with Crippen LogP contribution < -0.4 is 0 Å². The Kier molecular flexibility index (Phi) is 3.59. The maximum atomic E-state index is 12.9. The van der Waals surface area contributed by atoms with Gasteiger partial charge in [0.25, 0.3) is 0 Å². The summed E-state index contributed by atoms with van der Waals surface area (Å²) < 4.78 is 38.8. The van der Waals surface area contributed by atoms with E-state index in [0.29, 0.717) is 19.4 Å². The summed E-state index contributed by atoms with van der Waals surface area (Å²) in [5, 5.41) is 0. The lowest BCUT2D eigenvalue weighted by atomic mass is 9.92. The van der Waals surface area contributed by atoms with Crippen LogP contribution >= 0.6 is 0 Å². The van der Waals surface area contributed by atoms with Gasteiger partial charge >= 0.3 is 6.18 Å². The van der Waals surface area contributed by atoms with E-state index in [1.165, 1.54) is 17.0 Å². The highest BCUT2D eigenvalue weighted by atomic mass is 19.4. The zero-order valence-corrected chi connectivity index (χ0v) is 9.78. The van der Waals surface area contributed by atoms with Crippen molar-refractivity contribution >= 4 is 6.41 Å². The Hall–Kier alpha value is -1.52. The van der Waals surface area contributed by atoms with Gasteiger partial charge in [0.05, 0.1) is 11.6 Å². The monoisotopic (exact) mass is 257 g/mol. The van der Waals surface area contributed by atoms with Crippen molar-refractivity contribution in [3.05, 3.63) is 35.4 Å². The number of nitrogens with zero attached hydrogens (tertiary/aromatic N) is 1. The zero-order valence-electron chi connectivity index (χ0n) is 9.78. The van der Waals surface area contributed by atoms with Gasteiger partial charge in [0.2, 0.25) is 6.41 Å². The average Bonchev–Trinajstić information content (AvgIpc) is 2.37. The number of amides is 1. The highest BCUT2D eigenvalue weighted by Crippen LogP contribution is 2.39. The normalized spacial score (nSPS) is 20.8. The van der Waals surface area contributed by atoms with E-state index in [1.807, 2.05) is 0 Å². The van der Waals surface area contributed by atoms with Crippen molar-refractivity contribution in [2.45, 2.75) is 31.5 Å². The van der Waals surface area contributed by atoms with Crippen molar-refractivity contribution in [3.8, 4) is 0 Å². The zero-order chi connectivity index (χ0) is 13.2. The van der Waals surface area contributed by atoms with Crippen LogP contribution in [-0.2, 0) is 11.0 Å². The van der Waals surface area contributed by atoms with Gasteiger partial charge in [0.1, 0.15) is 0 Å². The third-order valence-corrected chi connectivity index (χ3v) is 3.30. The molecule has 1 unspecified atom stereocenters. The summed E-state index contributed by atoms with van der Waals surface area (Å²) in [6.07, 6.45) is -1.43. The van der Waals surface area contributed by atoms with Crippen molar-refractivity contribution in [2.24, 2.45) is 0 Å². The molecule has 0 spiro atoms. The topological polar surface area (TPSA) is 20.3 Å². The van der Waals surface area contributed by atoms with Gasteiger partial charge in [-0.1, -0.05) is 18.2 Å². The fraction of sp³-hybridized carbons (Fsp3) is 0.462. The first-order chi connectivity index (χ1) is 8.54. The van der Waals surface area contributed by atoms with Crippen LogP contribution in [0.2, 0.25) is 0 Å². The second kappa shape index (κ2) is 5.00. The summed E-state index contributed by atoms with van der Waals surface area (Å²) in [6, 6.07) is 5.05. The molecule has 0 aliphatic carbocycles. The summed E-state index contributed by atoms with van der Waals surface area (Å²) >= 11 is 0. The molecular weight excluding hydrogens is 243 g/mol. The Morgan fingerprint density at radius 1 is 1.22 bits per heavy atom. The highest BCUT2D eigenvalue weighted by Gasteiger charge is 2.36. The predicted octanol–water partition coefficient (Wildman–Crippen LogP) is 3.39. The average molecular weight is 257 g/mol. The molecule has 98 valence electrons. The molecule has 0 radical (unpaired) electrons. The first kappa shape index (κ1) is 12.9. The molecule has 1 aliphatic heterocycles. The van der Waals surface area contributed by atoms with Crippen LogP contribution in [0, 0.1) is 0 Å². The summed E-state index contributed by atoms with van der Waals surface area (Å²) in [7, 11) is 0. The highest BCUT2D eigenvalue weighted by molar-refractivity contribution is 5.50. The number of halogens is 3. The molecule has 2 rings (SSSR count). The smallest absolute Gasteiger partial charge is 0.338 e. The maximum Gasteiger partial charge on any atom is 0.416 e. The van der Waals surface area contributed by atoms with Crippen LogP contribution in [0.1, 0.15) is 36.4 Å². The standard InChI is InChI=1S/C13H14F3NO/c14-13(15,16)11-6-2-1-5-10(11)12-7-3-4-8-17(12)9-18/h1-2,5-6,9,12H,3-4,7-8H2. The summed E-state index contributed by atoms with van der Waals surface area (Å²) in [5.74, 6) is 0. The Balaban J connectivity index is 2.40. The SMILES string of the molecule is O=CN1CCCCC1c1ccccc1C(F)(F)F. The molecule has 1 aliphatic rings. The first-order valence-corrected chi connectivity index (χ1v) is 5.91. The fourth-order valence-electron chi connectivity index (χ4n) is 2.46. The molecule has 0 bridgehead atoms. The summed E-state index contributed by atoms with van der Waals surface area (Å²) in [4.78, 5) is 12.4. The Bertz CT molecular complexity index is 430. The molecule has 0 N–H and O–H groups in total. The third kappa shape index (κ3) is 2.49. The van der Waals surface area contributed by atoms with Crippen LogP contribution in [0.15, 0.2) is 24.3 Å². The second-order valence-electron chi connectivity index (χ2n) is 4.44. The van der Waals surface area contributed by atoms with Crippen LogP contribution in [0.4, 0.5) is 13.2 Å². The number of alkyl halides is 3. The minimum absolute atomic E-state index is 0.205. The van der Waals surface area contributed by atoms with Crippen molar-refractivity contribution in [3.63, 3.8) is 0 Å². The number of hydrogen-bond donors (Lipinski definition) is 0. The lowest BCUT2D eigenvalue weighted by molar-refractivity contribution is -0.139. The molecular formula is C13H14F3NO. The minimum Gasteiger partial charge on any atom is -0.338 e.